The molecule has 0 fully saturated rings. The van der Waals surface area contributed by atoms with Gasteiger partial charge >= 0.3 is 0 Å². The third-order valence-corrected chi connectivity index (χ3v) is 5.24. The monoisotopic (exact) mass is 379 g/mol. The molecule has 1 rings (SSSR count). The fraction of sp³-hybridized carbons (Fsp3) is 0.786. The highest BCUT2D eigenvalue weighted by molar-refractivity contribution is 9.10. The molecule has 5 nitrogen and oxygen atoms in total. The van der Waals surface area contributed by atoms with Crippen LogP contribution in [0.5, 0.6) is 0 Å². The Kier molecular flexibility index (Phi) is 7.36. The van der Waals surface area contributed by atoms with Gasteiger partial charge in [-0.05, 0) is 42.2 Å². The molecule has 21 heavy (non-hydrogen) atoms. The number of aryl methyl sites for hydroxylation is 2. The first kappa shape index (κ1) is 18.6. The molecule has 7 heteroatoms. The van der Waals surface area contributed by atoms with Crippen LogP contribution in [0, 0.1) is 0 Å². The van der Waals surface area contributed by atoms with E-state index in [1.807, 2.05) is 11.6 Å². The normalized spacial score (nSPS) is 13.6. The van der Waals surface area contributed by atoms with Crippen LogP contribution in [0.15, 0.2) is 4.47 Å². The van der Waals surface area contributed by atoms with Crippen LogP contribution in [-0.4, -0.2) is 42.8 Å². The maximum atomic E-state index is 11.6. The van der Waals surface area contributed by atoms with Crippen molar-refractivity contribution in [3.8, 4) is 0 Å². The summed E-state index contributed by atoms with van der Waals surface area (Å²) in [6.07, 6.45) is 3.79. The lowest BCUT2D eigenvalue weighted by Crippen LogP contribution is -2.38. The van der Waals surface area contributed by atoms with E-state index in [4.69, 9.17) is 0 Å². The summed E-state index contributed by atoms with van der Waals surface area (Å²) in [4.78, 5) is 0. The molecule has 0 amide bonds. The van der Waals surface area contributed by atoms with Gasteiger partial charge in [-0.2, -0.15) is 5.10 Å². The van der Waals surface area contributed by atoms with Gasteiger partial charge < -0.3 is 5.32 Å². The van der Waals surface area contributed by atoms with Gasteiger partial charge in [0.25, 0.3) is 0 Å². The van der Waals surface area contributed by atoms with Crippen molar-refractivity contribution >= 4 is 25.8 Å². The summed E-state index contributed by atoms with van der Waals surface area (Å²) in [5.41, 5.74) is 2.10. The second kappa shape index (κ2) is 8.29. The summed E-state index contributed by atoms with van der Waals surface area (Å²) in [6.45, 7) is 7.80. The van der Waals surface area contributed by atoms with Crippen molar-refractivity contribution in [3.63, 3.8) is 0 Å². The van der Waals surface area contributed by atoms with Gasteiger partial charge in [-0.15, -0.1) is 0 Å². The first-order valence-corrected chi connectivity index (χ1v) is 10.3. The van der Waals surface area contributed by atoms with Gasteiger partial charge in [0.1, 0.15) is 9.84 Å². The minimum Gasteiger partial charge on any atom is -0.313 e. The predicted molar refractivity (Wildman–Crippen MR) is 90.5 cm³/mol. The van der Waals surface area contributed by atoms with Gasteiger partial charge in [-0.3, -0.25) is 4.68 Å². The molecule has 1 atom stereocenters. The van der Waals surface area contributed by atoms with Crippen LogP contribution in [0.3, 0.4) is 0 Å². The Labute approximate surface area is 136 Å². The van der Waals surface area contributed by atoms with Gasteiger partial charge in [-0.25, -0.2) is 8.42 Å². The fourth-order valence-corrected chi connectivity index (χ4v) is 4.04. The number of aromatic nitrogens is 2. The molecule has 0 aliphatic carbocycles. The van der Waals surface area contributed by atoms with Gasteiger partial charge in [0, 0.05) is 25.3 Å². The first-order valence-electron chi connectivity index (χ1n) is 7.47. The number of sulfone groups is 1. The molecule has 1 heterocycles. The zero-order chi connectivity index (χ0) is 16.0. The average Bonchev–Trinajstić information content (AvgIpc) is 2.71. The molecule has 1 aromatic heterocycles. The SMILES string of the molecule is CCCNC(Cc1c(Br)c(CC)nn1CC)CS(C)(=O)=O. The summed E-state index contributed by atoms with van der Waals surface area (Å²) in [6, 6.07) is -0.0806. The van der Waals surface area contributed by atoms with Crippen LogP contribution in [-0.2, 0) is 29.2 Å². The van der Waals surface area contributed by atoms with Gasteiger partial charge in [0.05, 0.1) is 21.6 Å². The molecule has 0 aliphatic rings. The van der Waals surface area contributed by atoms with Crippen molar-refractivity contribution in [1.82, 2.24) is 15.1 Å². The Morgan fingerprint density at radius 2 is 2.00 bits per heavy atom. The Hall–Kier alpha value is -0.400. The van der Waals surface area contributed by atoms with Crippen molar-refractivity contribution in [3.05, 3.63) is 15.9 Å². The van der Waals surface area contributed by atoms with Crippen LogP contribution in [0.25, 0.3) is 0 Å². The maximum absolute atomic E-state index is 11.6. The third-order valence-electron chi connectivity index (χ3n) is 3.32. The fourth-order valence-electron chi connectivity index (χ4n) is 2.35. The summed E-state index contributed by atoms with van der Waals surface area (Å²) in [5, 5.41) is 7.91. The third kappa shape index (κ3) is 5.71. The second-order valence-electron chi connectivity index (χ2n) is 5.32. The molecule has 0 spiro atoms. The zero-order valence-electron chi connectivity index (χ0n) is 13.3. The molecule has 1 aromatic rings. The Bertz CT molecular complexity index is 555. The van der Waals surface area contributed by atoms with Crippen LogP contribution < -0.4 is 5.32 Å². The van der Waals surface area contributed by atoms with E-state index >= 15 is 0 Å². The van der Waals surface area contributed by atoms with E-state index in [1.165, 1.54) is 6.26 Å². The van der Waals surface area contributed by atoms with Crippen molar-refractivity contribution < 1.29 is 8.42 Å². The topological polar surface area (TPSA) is 64.0 Å². The van der Waals surface area contributed by atoms with Gasteiger partial charge in [0.2, 0.25) is 0 Å². The smallest absolute Gasteiger partial charge is 0.148 e. The van der Waals surface area contributed by atoms with Crippen molar-refractivity contribution in [2.75, 3.05) is 18.6 Å². The molecule has 0 bridgehead atoms. The number of hydrogen-bond donors (Lipinski definition) is 1. The van der Waals surface area contributed by atoms with Crippen LogP contribution >= 0.6 is 15.9 Å². The van der Waals surface area contributed by atoms with Crippen molar-refractivity contribution in [1.29, 1.82) is 0 Å². The standard InChI is InChI=1S/C14H26BrN3O2S/c1-5-8-16-11(10-21(4,19)20)9-13-14(15)12(6-2)17-18(13)7-3/h11,16H,5-10H2,1-4H3. The largest absolute Gasteiger partial charge is 0.313 e. The number of nitrogens with one attached hydrogen (secondary N) is 1. The lowest BCUT2D eigenvalue weighted by molar-refractivity contribution is 0.507. The van der Waals surface area contributed by atoms with Gasteiger partial charge in [0.15, 0.2) is 0 Å². The average molecular weight is 380 g/mol. The Morgan fingerprint density at radius 3 is 2.48 bits per heavy atom. The minimum absolute atomic E-state index is 0.0806. The highest BCUT2D eigenvalue weighted by Gasteiger charge is 2.21. The highest BCUT2D eigenvalue weighted by atomic mass is 79.9. The molecule has 0 radical (unpaired) electrons. The first-order chi connectivity index (χ1) is 9.82. The molecular weight excluding hydrogens is 354 g/mol. The minimum atomic E-state index is -3.01. The summed E-state index contributed by atoms with van der Waals surface area (Å²) >= 11 is 3.62. The van der Waals surface area contributed by atoms with Gasteiger partial charge in [-0.1, -0.05) is 13.8 Å². The Morgan fingerprint density at radius 1 is 1.33 bits per heavy atom. The van der Waals surface area contributed by atoms with E-state index in [-0.39, 0.29) is 11.8 Å². The quantitative estimate of drug-likeness (QED) is 0.713. The van der Waals surface area contributed by atoms with E-state index in [0.29, 0.717) is 6.42 Å². The number of nitrogens with zero attached hydrogens (tertiary/aromatic N) is 2. The number of hydrogen-bond acceptors (Lipinski definition) is 4. The van der Waals surface area contributed by atoms with E-state index in [9.17, 15) is 8.42 Å². The number of rotatable bonds is 9. The summed E-state index contributed by atoms with van der Waals surface area (Å²) < 4.78 is 26.2. The van der Waals surface area contributed by atoms with Crippen LogP contribution in [0.1, 0.15) is 38.6 Å². The lowest BCUT2D eigenvalue weighted by Gasteiger charge is -2.18. The molecular formula is C14H26BrN3O2S. The number of halogens is 1. The van der Waals surface area contributed by atoms with E-state index in [0.717, 1.165) is 41.8 Å². The zero-order valence-corrected chi connectivity index (χ0v) is 15.7. The van der Waals surface area contributed by atoms with Crippen LogP contribution in [0.4, 0.5) is 0 Å². The lowest BCUT2D eigenvalue weighted by atomic mass is 10.1. The molecule has 0 aromatic carbocycles. The summed E-state index contributed by atoms with van der Waals surface area (Å²) in [7, 11) is -3.01. The molecule has 122 valence electrons. The van der Waals surface area contributed by atoms with E-state index < -0.39 is 9.84 Å². The van der Waals surface area contributed by atoms with Crippen LogP contribution in [0.2, 0.25) is 0 Å². The molecule has 1 unspecified atom stereocenters. The van der Waals surface area contributed by atoms with Crippen molar-refractivity contribution in [2.24, 2.45) is 0 Å². The summed E-state index contributed by atoms with van der Waals surface area (Å²) in [5.74, 6) is 0.149. The van der Waals surface area contributed by atoms with E-state index in [2.05, 4.69) is 40.2 Å². The Balaban J connectivity index is 2.99. The highest BCUT2D eigenvalue weighted by Crippen LogP contribution is 2.23. The maximum Gasteiger partial charge on any atom is 0.148 e. The molecule has 1 N–H and O–H groups in total. The van der Waals surface area contributed by atoms with Crippen molar-refractivity contribution in [2.45, 2.75) is 52.6 Å². The molecule has 0 saturated heterocycles. The predicted octanol–water partition coefficient (Wildman–Crippen LogP) is 2.18. The molecule has 0 aliphatic heterocycles. The van der Waals surface area contributed by atoms with E-state index in [1.54, 1.807) is 0 Å². The second-order valence-corrected chi connectivity index (χ2v) is 8.30. The molecule has 0 saturated carbocycles.